The molecule has 2 aromatic rings. The number of anilines is 2. The Kier molecular flexibility index (Phi) is 13.0. The molecule has 0 aromatic heterocycles. The van der Waals surface area contributed by atoms with Crippen molar-refractivity contribution >= 4 is 39.8 Å². The minimum Gasteiger partial charge on any atom is -0.507 e. The summed E-state index contributed by atoms with van der Waals surface area (Å²) >= 11 is 0. The molecule has 6 N–H and O–H groups in total. The number of nitrogens with one attached hydrogen (secondary N) is 1. The van der Waals surface area contributed by atoms with Crippen molar-refractivity contribution < 1.29 is 58.9 Å². The van der Waals surface area contributed by atoms with Gasteiger partial charge in [0.15, 0.2) is 5.75 Å². The Morgan fingerprint density at radius 2 is 1.70 bits per heavy atom. The van der Waals surface area contributed by atoms with E-state index < -0.39 is 83.4 Å². The third kappa shape index (κ3) is 8.23. The molecule has 57 heavy (non-hydrogen) atoms. The number of benzene rings is 2. The van der Waals surface area contributed by atoms with Crippen LogP contribution in [-0.4, -0.2) is 99.2 Å². The van der Waals surface area contributed by atoms with Gasteiger partial charge in [-0.3, -0.25) is 14.4 Å². The monoisotopic (exact) mass is 794 g/mol. The molecule has 0 spiro atoms. The van der Waals surface area contributed by atoms with Gasteiger partial charge in [-0.15, -0.1) is 0 Å². The number of ether oxygens (including phenoxy) is 4. The molecule has 1 amide bonds. The number of amides is 1. The van der Waals surface area contributed by atoms with Gasteiger partial charge in [0.1, 0.15) is 17.6 Å². The van der Waals surface area contributed by atoms with Crippen LogP contribution in [0.15, 0.2) is 42.2 Å². The van der Waals surface area contributed by atoms with E-state index in [1.807, 2.05) is 4.90 Å². The highest BCUT2D eigenvalue weighted by molar-refractivity contribution is 6.23. The van der Waals surface area contributed by atoms with Gasteiger partial charge in [0, 0.05) is 73.4 Å². The molecule has 5 bridgehead atoms. The fourth-order valence-electron chi connectivity index (χ4n) is 8.47. The number of nitrogens with zero attached hydrogens (tertiary/aromatic N) is 1. The van der Waals surface area contributed by atoms with Crippen LogP contribution in [0.5, 0.6) is 17.2 Å². The number of rotatable bonds is 4. The van der Waals surface area contributed by atoms with Gasteiger partial charge >= 0.3 is 11.8 Å². The number of esters is 1. The second kappa shape index (κ2) is 17.1. The Hall–Kier alpha value is -4.63. The van der Waals surface area contributed by atoms with Crippen molar-refractivity contribution in [3.8, 4) is 17.2 Å². The number of methoxy groups -OCH3 is 1. The number of carbonyl (C=O) groups excluding carboxylic acids is 3. The molecular weight excluding hydrogens is 736 g/mol. The summed E-state index contributed by atoms with van der Waals surface area (Å²) in [7, 11) is 1.46. The number of hydrogen-bond acceptors (Lipinski definition) is 13. The first-order chi connectivity index (χ1) is 26.7. The smallest absolute Gasteiger partial charge is 0.312 e. The molecule has 14 nitrogen and oxygen atoms in total. The van der Waals surface area contributed by atoms with E-state index in [0.29, 0.717) is 25.1 Å². The largest absolute Gasteiger partial charge is 0.507 e. The molecule has 4 aliphatic rings. The van der Waals surface area contributed by atoms with Crippen LogP contribution in [0.4, 0.5) is 11.4 Å². The molecule has 11 atom stereocenters. The number of phenolic OH excluding ortho intramolecular Hbond substituents is 2. The SMILES string of the molecule is COC1C=COC2(C)Oc3c(C)c(O)c4c(O)c(cc(N5CCCC5C(C)O)c4c3C2=O)NC(=O)C(C)=C/C=C/C(C)C(O)C(C)C(O)C(C)C(OC(C)=O)C1C. The fourth-order valence-corrected chi connectivity index (χ4v) is 8.47. The maximum Gasteiger partial charge on any atom is 0.312 e. The van der Waals surface area contributed by atoms with E-state index in [4.69, 9.17) is 18.9 Å². The van der Waals surface area contributed by atoms with Crippen molar-refractivity contribution in [3.63, 3.8) is 0 Å². The van der Waals surface area contributed by atoms with Crippen LogP contribution < -0.4 is 15.0 Å². The zero-order valence-electron chi connectivity index (χ0n) is 34.4. The van der Waals surface area contributed by atoms with E-state index in [-0.39, 0.29) is 50.7 Å². The molecule has 0 radical (unpaired) electrons. The Morgan fingerprint density at radius 1 is 1.02 bits per heavy atom. The number of allylic oxidation sites excluding steroid dienone is 2. The third-order valence-electron chi connectivity index (χ3n) is 12.0. The predicted octanol–water partition coefficient (Wildman–Crippen LogP) is 5.40. The number of aromatic hydroxyl groups is 2. The van der Waals surface area contributed by atoms with Gasteiger partial charge in [-0.1, -0.05) is 45.9 Å². The first-order valence-corrected chi connectivity index (χ1v) is 19.6. The van der Waals surface area contributed by atoms with Crippen LogP contribution in [0.3, 0.4) is 0 Å². The zero-order valence-corrected chi connectivity index (χ0v) is 34.4. The van der Waals surface area contributed by atoms with Crippen LogP contribution in [0.25, 0.3) is 10.8 Å². The lowest BCUT2D eigenvalue weighted by Crippen LogP contribution is -2.46. The lowest BCUT2D eigenvalue weighted by Gasteiger charge is -2.38. The quantitative estimate of drug-likeness (QED) is 0.170. The molecule has 1 saturated heterocycles. The maximum atomic E-state index is 14.6. The molecule has 1 fully saturated rings. The van der Waals surface area contributed by atoms with Gasteiger partial charge in [0.2, 0.25) is 0 Å². The van der Waals surface area contributed by atoms with Crippen molar-refractivity contribution in [2.75, 3.05) is 23.9 Å². The van der Waals surface area contributed by atoms with Crippen LogP contribution in [0.1, 0.15) is 84.2 Å². The number of phenols is 2. The summed E-state index contributed by atoms with van der Waals surface area (Å²) in [6, 6.07) is 1.15. The number of aliphatic hydroxyl groups is 3. The molecule has 4 heterocycles. The van der Waals surface area contributed by atoms with E-state index in [2.05, 4.69) is 5.32 Å². The fraction of sp³-hybridized carbons (Fsp3) is 0.558. The summed E-state index contributed by atoms with van der Waals surface area (Å²) < 4.78 is 23.8. The standard InChI is InChI=1S/C43H58N2O12/c1-20-13-11-14-21(2)42(53)44-28-19-30(45-17-12-15-29(45)26(7)46)32-33(38(28)51)37(50)25(6)40-34(32)41(52)43(9,57-40)55-18-16-31(54-10)22(3)39(56-27(8)47)24(5)36(49)23(4)35(20)48/h11,13-14,16,18-20,22-24,26,29,31,35-36,39,46,48-51H,12,15,17H2,1-10H3,(H,44,53)/b13-11+,18-16?,21-14?. The van der Waals surface area contributed by atoms with Crippen LogP contribution in [0.2, 0.25) is 0 Å². The maximum absolute atomic E-state index is 14.6. The van der Waals surface area contributed by atoms with Gasteiger partial charge < -0.3 is 54.7 Å². The molecular formula is C43H58N2O12. The van der Waals surface area contributed by atoms with Gasteiger partial charge in [0.05, 0.1) is 53.4 Å². The van der Waals surface area contributed by atoms with E-state index >= 15 is 0 Å². The van der Waals surface area contributed by atoms with E-state index in [1.165, 1.54) is 39.4 Å². The Balaban J connectivity index is 1.72. The van der Waals surface area contributed by atoms with Gasteiger partial charge in [-0.05, 0) is 45.8 Å². The van der Waals surface area contributed by atoms with Crippen molar-refractivity contribution in [1.82, 2.24) is 0 Å². The number of hydrogen-bond donors (Lipinski definition) is 6. The summed E-state index contributed by atoms with van der Waals surface area (Å²) in [6.45, 7) is 14.9. The molecule has 11 unspecified atom stereocenters. The number of aliphatic hydroxyl groups excluding tert-OH is 3. The normalized spacial score (nSPS) is 32.5. The van der Waals surface area contributed by atoms with Crippen LogP contribution in [-0.2, 0) is 23.8 Å². The highest BCUT2D eigenvalue weighted by atomic mass is 16.7. The van der Waals surface area contributed by atoms with Crippen LogP contribution >= 0.6 is 0 Å². The Labute approximate surface area is 333 Å². The molecule has 4 aliphatic heterocycles. The van der Waals surface area contributed by atoms with E-state index in [9.17, 15) is 39.9 Å². The van der Waals surface area contributed by atoms with Gasteiger partial charge in [-0.25, -0.2) is 0 Å². The zero-order chi connectivity index (χ0) is 42.3. The molecule has 14 heteroatoms. The molecule has 6 rings (SSSR count). The van der Waals surface area contributed by atoms with Crippen LogP contribution in [0, 0.1) is 30.6 Å². The summed E-state index contributed by atoms with van der Waals surface area (Å²) in [5.41, 5.74) is 0.807. The van der Waals surface area contributed by atoms with Gasteiger partial charge in [0.25, 0.3) is 11.7 Å². The second-order valence-electron chi connectivity index (χ2n) is 16.1. The Bertz CT molecular complexity index is 1970. The van der Waals surface area contributed by atoms with Crippen molar-refractivity contribution in [3.05, 3.63) is 53.3 Å². The average Bonchev–Trinajstić information content (AvgIpc) is 3.76. The molecule has 2 aromatic carbocycles. The third-order valence-corrected chi connectivity index (χ3v) is 12.0. The second-order valence-corrected chi connectivity index (χ2v) is 16.1. The molecule has 312 valence electrons. The minimum absolute atomic E-state index is 0.0274. The highest BCUT2D eigenvalue weighted by Gasteiger charge is 2.50. The number of fused-ring (bicyclic) bond motifs is 14. The lowest BCUT2D eigenvalue weighted by molar-refractivity contribution is -0.160. The van der Waals surface area contributed by atoms with Crippen molar-refractivity contribution in [1.29, 1.82) is 0 Å². The first kappa shape index (κ1) is 43.5. The van der Waals surface area contributed by atoms with Crippen molar-refractivity contribution in [2.45, 2.75) is 118 Å². The summed E-state index contributed by atoms with van der Waals surface area (Å²) in [4.78, 5) is 42.5. The molecule has 0 aliphatic carbocycles. The minimum atomic E-state index is -1.95. The topological polar surface area (TPSA) is 205 Å². The number of carbonyl (C=O) groups is 3. The summed E-state index contributed by atoms with van der Waals surface area (Å²) in [5, 5.41) is 60.0. The molecule has 0 saturated carbocycles. The summed E-state index contributed by atoms with van der Waals surface area (Å²) in [5.74, 6) is -6.89. The number of Topliss-reactive ketones (excluding diaryl/α,β-unsaturated/α-hetero) is 1. The van der Waals surface area contributed by atoms with Gasteiger partial charge in [-0.2, -0.15) is 0 Å². The first-order valence-electron chi connectivity index (χ1n) is 19.6. The number of ketones is 1. The van der Waals surface area contributed by atoms with E-state index in [1.54, 1.807) is 66.7 Å². The lowest BCUT2D eigenvalue weighted by atomic mass is 9.78. The summed E-state index contributed by atoms with van der Waals surface area (Å²) in [6.07, 6.45) is 4.44. The predicted molar refractivity (Wildman–Crippen MR) is 214 cm³/mol. The van der Waals surface area contributed by atoms with E-state index in [0.717, 1.165) is 0 Å². The average molecular weight is 795 g/mol. The highest BCUT2D eigenvalue weighted by Crippen LogP contribution is 2.54. The van der Waals surface area contributed by atoms with Crippen molar-refractivity contribution in [2.24, 2.45) is 23.7 Å². The Morgan fingerprint density at radius 3 is 2.33 bits per heavy atom.